The fraction of sp³-hybridized carbons (Fsp3) is 0.0435. The standard InChI is InChI=1S/C23H15NO6/c25-14-6-3-5-13(11-14)23(29)30-12-19(26)24-18-10-4-9-17-20(18)22(28)16-8-2-1-7-15(16)21(17)27/h1-11,25H,12H2,(H,24,26). The Labute approximate surface area is 170 Å². The maximum Gasteiger partial charge on any atom is 0.338 e. The van der Waals surface area contributed by atoms with E-state index in [1.54, 1.807) is 30.3 Å². The first-order valence-corrected chi connectivity index (χ1v) is 9.03. The first kappa shape index (κ1) is 19.1. The van der Waals surface area contributed by atoms with Crippen molar-refractivity contribution >= 4 is 29.1 Å². The van der Waals surface area contributed by atoms with Crippen molar-refractivity contribution in [1.82, 2.24) is 0 Å². The molecule has 0 saturated carbocycles. The van der Waals surface area contributed by atoms with Crippen molar-refractivity contribution in [3.8, 4) is 5.75 Å². The van der Waals surface area contributed by atoms with Gasteiger partial charge in [-0.1, -0.05) is 42.5 Å². The minimum atomic E-state index is -0.781. The van der Waals surface area contributed by atoms with Crippen molar-refractivity contribution in [3.63, 3.8) is 0 Å². The molecule has 1 aliphatic carbocycles. The molecular formula is C23H15NO6. The number of aromatic hydroxyl groups is 1. The van der Waals surface area contributed by atoms with Gasteiger partial charge >= 0.3 is 5.97 Å². The van der Waals surface area contributed by atoms with Crippen molar-refractivity contribution in [3.05, 3.63) is 94.5 Å². The number of fused-ring (bicyclic) bond motifs is 2. The number of rotatable bonds is 4. The summed E-state index contributed by atoms with van der Waals surface area (Å²) in [5.74, 6) is -2.22. The van der Waals surface area contributed by atoms with Gasteiger partial charge in [0.05, 0.1) is 16.8 Å². The number of phenols is 1. The van der Waals surface area contributed by atoms with Gasteiger partial charge in [0.1, 0.15) is 5.75 Å². The highest BCUT2D eigenvalue weighted by Crippen LogP contribution is 2.31. The van der Waals surface area contributed by atoms with Crippen LogP contribution in [0.2, 0.25) is 0 Å². The van der Waals surface area contributed by atoms with E-state index in [1.807, 2.05) is 0 Å². The van der Waals surface area contributed by atoms with Crippen LogP contribution in [0.15, 0.2) is 66.7 Å². The fourth-order valence-corrected chi connectivity index (χ4v) is 3.28. The molecule has 0 bridgehead atoms. The van der Waals surface area contributed by atoms with Crippen LogP contribution < -0.4 is 5.32 Å². The molecule has 7 heteroatoms. The Morgan fingerprint density at radius 1 is 0.833 bits per heavy atom. The van der Waals surface area contributed by atoms with E-state index in [0.717, 1.165) is 0 Å². The summed E-state index contributed by atoms with van der Waals surface area (Å²) in [4.78, 5) is 50.0. The Morgan fingerprint density at radius 2 is 1.50 bits per heavy atom. The summed E-state index contributed by atoms with van der Waals surface area (Å²) >= 11 is 0. The number of ether oxygens (including phenoxy) is 1. The molecule has 7 nitrogen and oxygen atoms in total. The molecule has 0 fully saturated rings. The van der Waals surface area contributed by atoms with Gasteiger partial charge in [0.15, 0.2) is 18.2 Å². The van der Waals surface area contributed by atoms with Gasteiger partial charge in [-0.3, -0.25) is 14.4 Å². The monoisotopic (exact) mass is 401 g/mol. The van der Waals surface area contributed by atoms with Crippen molar-refractivity contribution in [2.45, 2.75) is 0 Å². The molecule has 0 atom stereocenters. The number of hydrogen-bond acceptors (Lipinski definition) is 6. The lowest BCUT2D eigenvalue weighted by Gasteiger charge is -2.20. The Balaban J connectivity index is 1.52. The van der Waals surface area contributed by atoms with Crippen LogP contribution in [0, 0.1) is 0 Å². The molecule has 3 aromatic carbocycles. The van der Waals surface area contributed by atoms with Crippen LogP contribution in [0.4, 0.5) is 5.69 Å². The van der Waals surface area contributed by atoms with Gasteiger partial charge in [0.25, 0.3) is 5.91 Å². The molecular weight excluding hydrogens is 386 g/mol. The quantitative estimate of drug-likeness (QED) is 0.509. The second kappa shape index (κ2) is 7.63. The molecule has 0 spiro atoms. The summed E-state index contributed by atoms with van der Waals surface area (Å²) in [5.41, 5.74) is 1.16. The van der Waals surface area contributed by atoms with Crippen molar-refractivity contribution < 1.29 is 29.0 Å². The Hall–Kier alpha value is -4.26. The molecule has 0 heterocycles. The van der Waals surface area contributed by atoms with Crippen molar-refractivity contribution in [2.75, 3.05) is 11.9 Å². The lowest BCUT2D eigenvalue weighted by molar-refractivity contribution is -0.119. The SMILES string of the molecule is O=C(COC(=O)c1cccc(O)c1)Nc1cccc2c1C(=O)c1ccccc1C2=O. The lowest BCUT2D eigenvalue weighted by Crippen LogP contribution is -2.26. The second-order valence-electron chi connectivity index (χ2n) is 6.61. The zero-order valence-electron chi connectivity index (χ0n) is 15.5. The number of phenolic OH excluding ortho intramolecular Hbond substituents is 1. The maximum atomic E-state index is 12.9. The van der Waals surface area contributed by atoms with Crippen LogP contribution in [0.25, 0.3) is 0 Å². The smallest absolute Gasteiger partial charge is 0.338 e. The summed E-state index contributed by atoms with van der Waals surface area (Å²) in [5, 5.41) is 11.9. The topological polar surface area (TPSA) is 110 Å². The fourth-order valence-electron chi connectivity index (χ4n) is 3.28. The third-order valence-corrected chi connectivity index (χ3v) is 4.64. The Morgan fingerprint density at radius 3 is 2.23 bits per heavy atom. The molecule has 148 valence electrons. The largest absolute Gasteiger partial charge is 0.508 e. The third kappa shape index (κ3) is 3.44. The van der Waals surface area contributed by atoms with Gasteiger partial charge in [-0.2, -0.15) is 0 Å². The summed E-state index contributed by atoms with van der Waals surface area (Å²) in [7, 11) is 0. The molecule has 0 unspecified atom stereocenters. The van der Waals surface area contributed by atoms with E-state index in [-0.39, 0.29) is 45.3 Å². The zero-order chi connectivity index (χ0) is 21.3. The molecule has 3 aromatic rings. The molecule has 4 rings (SSSR count). The molecule has 0 saturated heterocycles. The summed E-state index contributed by atoms with van der Waals surface area (Å²) in [6.45, 7) is -0.600. The van der Waals surface area contributed by atoms with Gasteiger partial charge in [0, 0.05) is 16.7 Å². The molecule has 0 aliphatic heterocycles. The maximum absolute atomic E-state index is 12.9. The molecule has 0 aromatic heterocycles. The number of esters is 1. The van der Waals surface area contributed by atoms with Gasteiger partial charge in [-0.25, -0.2) is 4.79 Å². The van der Waals surface area contributed by atoms with Crippen LogP contribution in [0.5, 0.6) is 5.75 Å². The van der Waals surface area contributed by atoms with Crippen LogP contribution in [-0.2, 0) is 9.53 Å². The van der Waals surface area contributed by atoms with Crippen LogP contribution in [0.3, 0.4) is 0 Å². The van der Waals surface area contributed by atoms with Crippen LogP contribution in [-0.4, -0.2) is 35.2 Å². The Kier molecular flexibility index (Phi) is 4.85. The van der Waals surface area contributed by atoms with E-state index < -0.39 is 18.5 Å². The number of benzene rings is 3. The molecule has 2 N–H and O–H groups in total. The van der Waals surface area contributed by atoms with Gasteiger partial charge in [-0.15, -0.1) is 0 Å². The minimum absolute atomic E-state index is 0.0947. The van der Waals surface area contributed by atoms with E-state index in [9.17, 15) is 24.3 Å². The highest BCUT2D eigenvalue weighted by molar-refractivity contribution is 6.30. The predicted molar refractivity (Wildman–Crippen MR) is 107 cm³/mol. The molecule has 30 heavy (non-hydrogen) atoms. The van der Waals surface area contributed by atoms with E-state index in [4.69, 9.17) is 4.74 Å². The number of anilines is 1. The van der Waals surface area contributed by atoms with Crippen LogP contribution in [0.1, 0.15) is 42.2 Å². The molecule has 1 amide bonds. The van der Waals surface area contributed by atoms with Gasteiger partial charge in [-0.05, 0) is 24.3 Å². The van der Waals surface area contributed by atoms with Crippen LogP contribution >= 0.6 is 0 Å². The predicted octanol–water partition coefficient (Wildman–Crippen LogP) is 2.96. The number of hydrogen-bond donors (Lipinski definition) is 2. The van der Waals surface area contributed by atoms with E-state index in [0.29, 0.717) is 5.56 Å². The first-order chi connectivity index (χ1) is 14.5. The number of amides is 1. The van der Waals surface area contributed by atoms with Gasteiger partial charge < -0.3 is 15.2 Å². The normalized spacial score (nSPS) is 12.0. The van der Waals surface area contributed by atoms with Crippen molar-refractivity contribution in [2.24, 2.45) is 0 Å². The summed E-state index contributed by atoms with van der Waals surface area (Å²) < 4.78 is 4.95. The second-order valence-corrected chi connectivity index (χ2v) is 6.61. The first-order valence-electron chi connectivity index (χ1n) is 9.03. The average molecular weight is 401 g/mol. The van der Waals surface area contributed by atoms with E-state index in [1.165, 1.54) is 36.4 Å². The minimum Gasteiger partial charge on any atom is -0.508 e. The number of ketones is 2. The molecule has 1 aliphatic rings. The third-order valence-electron chi connectivity index (χ3n) is 4.64. The van der Waals surface area contributed by atoms with E-state index >= 15 is 0 Å². The van der Waals surface area contributed by atoms with Gasteiger partial charge in [0.2, 0.25) is 0 Å². The van der Waals surface area contributed by atoms with E-state index in [2.05, 4.69) is 5.32 Å². The molecule has 0 radical (unpaired) electrons. The van der Waals surface area contributed by atoms with Crippen molar-refractivity contribution in [1.29, 1.82) is 0 Å². The highest BCUT2D eigenvalue weighted by atomic mass is 16.5. The highest BCUT2D eigenvalue weighted by Gasteiger charge is 2.31. The average Bonchev–Trinajstić information content (AvgIpc) is 2.75. The summed E-state index contributed by atoms with van der Waals surface area (Å²) in [6, 6.07) is 16.6. The lowest BCUT2D eigenvalue weighted by atomic mass is 9.83. The Bertz CT molecular complexity index is 1210. The zero-order valence-corrected chi connectivity index (χ0v) is 15.5. The number of carbonyl (C=O) groups excluding carboxylic acids is 4. The number of carbonyl (C=O) groups is 4. The number of nitrogens with one attached hydrogen (secondary N) is 1. The summed E-state index contributed by atoms with van der Waals surface area (Å²) in [6.07, 6.45) is 0.